The van der Waals surface area contributed by atoms with Gasteiger partial charge in [0.1, 0.15) is 5.82 Å². The Kier molecular flexibility index (Phi) is 2.93. The average molecular weight is 268 g/mol. The van der Waals surface area contributed by atoms with Crippen molar-refractivity contribution in [3.8, 4) is 0 Å². The first-order chi connectivity index (χ1) is 9.63. The lowest BCUT2D eigenvalue weighted by atomic mass is 9.68. The third kappa shape index (κ3) is 2.03. The lowest BCUT2D eigenvalue weighted by molar-refractivity contribution is -0.131. The summed E-state index contributed by atoms with van der Waals surface area (Å²) in [6, 6.07) is 5.70. The van der Waals surface area contributed by atoms with E-state index in [1.807, 2.05) is 24.3 Å². The van der Waals surface area contributed by atoms with Crippen LogP contribution in [0.25, 0.3) is 17.1 Å². The highest BCUT2D eigenvalue weighted by Crippen LogP contribution is 2.43. The molecule has 0 aliphatic heterocycles. The molecular weight excluding hydrogens is 252 g/mol. The molecule has 1 fully saturated rings. The van der Waals surface area contributed by atoms with Crippen molar-refractivity contribution >= 4 is 23.1 Å². The molecule has 0 saturated heterocycles. The normalized spacial score (nSPS) is 17.2. The van der Waals surface area contributed by atoms with Crippen LogP contribution in [-0.2, 0) is 10.2 Å². The molecule has 1 aromatic carbocycles. The Morgan fingerprint density at radius 3 is 2.85 bits per heavy atom. The molecule has 4 heteroatoms. The number of allylic oxidation sites excluding steroid dienone is 1. The Balaban J connectivity index is 1.99. The summed E-state index contributed by atoms with van der Waals surface area (Å²) in [4.78, 5) is 18.5. The van der Waals surface area contributed by atoms with Crippen LogP contribution in [0.2, 0.25) is 0 Å². The van der Waals surface area contributed by atoms with Crippen LogP contribution in [0.1, 0.15) is 30.7 Å². The standard InChI is InChI=1S/C16H16N2O2/c1-2-16(8-3-9-16)15-17-12-6-4-11(5-7-14(19)20)10-13(12)18-15/h2,4-7,10H,1,3,8-9H2,(H,17,18)(H,19,20)/b7-5+. The second-order valence-corrected chi connectivity index (χ2v) is 5.25. The topological polar surface area (TPSA) is 66.0 Å². The van der Waals surface area contributed by atoms with Crippen LogP contribution in [0.15, 0.2) is 36.9 Å². The number of aliphatic carboxylic acids is 1. The molecule has 0 bridgehead atoms. The van der Waals surface area contributed by atoms with Crippen molar-refractivity contribution in [2.75, 3.05) is 0 Å². The van der Waals surface area contributed by atoms with Crippen LogP contribution >= 0.6 is 0 Å². The van der Waals surface area contributed by atoms with Crippen molar-refractivity contribution in [2.45, 2.75) is 24.7 Å². The number of H-pyrrole nitrogens is 1. The lowest BCUT2D eigenvalue weighted by Crippen LogP contribution is -2.32. The van der Waals surface area contributed by atoms with Gasteiger partial charge in [0.2, 0.25) is 0 Å². The van der Waals surface area contributed by atoms with Gasteiger partial charge in [-0.3, -0.25) is 0 Å². The van der Waals surface area contributed by atoms with Crippen LogP contribution in [0.3, 0.4) is 0 Å². The SMILES string of the molecule is C=CC1(c2nc3ccc(/C=C/C(=O)O)cc3[nH]2)CCC1. The number of carbonyl (C=O) groups is 1. The summed E-state index contributed by atoms with van der Waals surface area (Å²) in [6.07, 6.45) is 8.07. The molecule has 0 radical (unpaired) electrons. The number of fused-ring (bicyclic) bond motifs is 1. The minimum absolute atomic E-state index is 0.00388. The van der Waals surface area contributed by atoms with E-state index in [9.17, 15) is 4.79 Å². The van der Waals surface area contributed by atoms with Gasteiger partial charge in [-0.25, -0.2) is 9.78 Å². The highest BCUT2D eigenvalue weighted by molar-refractivity contribution is 5.86. The summed E-state index contributed by atoms with van der Waals surface area (Å²) >= 11 is 0. The Morgan fingerprint density at radius 2 is 2.25 bits per heavy atom. The lowest BCUT2D eigenvalue weighted by Gasteiger charge is -2.37. The predicted octanol–water partition coefficient (Wildman–Crippen LogP) is 3.27. The van der Waals surface area contributed by atoms with Gasteiger partial charge in [0.25, 0.3) is 0 Å². The number of hydrogen-bond donors (Lipinski definition) is 2. The summed E-state index contributed by atoms with van der Waals surface area (Å²) in [5.41, 5.74) is 2.67. The fourth-order valence-corrected chi connectivity index (χ4v) is 2.63. The first-order valence-corrected chi connectivity index (χ1v) is 6.68. The van der Waals surface area contributed by atoms with Crippen molar-refractivity contribution in [3.63, 3.8) is 0 Å². The molecule has 1 aromatic heterocycles. The highest BCUT2D eigenvalue weighted by atomic mass is 16.4. The van der Waals surface area contributed by atoms with Crippen LogP contribution in [-0.4, -0.2) is 21.0 Å². The van der Waals surface area contributed by atoms with Crippen molar-refractivity contribution in [1.82, 2.24) is 9.97 Å². The largest absolute Gasteiger partial charge is 0.478 e. The van der Waals surface area contributed by atoms with E-state index in [4.69, 9.17) is 5.11 Å². The number of nitrogens with zero attached hydrogens (tertiary/aromatic N) is 1. The molecule has 1 heterocycles. The highest BCUT2D eigenvalue weighted by Gasteiger charge is 2.38. The average Bonchev–Trinajstić information content (AvgIpc) is 2.78. The van der Waals surface area contributed by atoms with E-state index in [-0.39, 0.29) is 5.41 Å². The summed E-state index contributed by atoms with van der Waals surface area (Å²) in [5.74, 6) is 0.0172. The number of carboxylic acids is 1. The van der Waals surface area contributed by atoms with E-state index in [0.29, 0.717) is 0 Å². The molecule has 0 unspecified atom stereocenters. The van der Waals surface area contributed by atoms with Crippen LogP contribution < -0.4 is 0 Å². The van der Waals surface area contributed by atoms with Crippen molar-refractivity contribution in [3.05, 3.63) is 48.3 Å². The summed E-state index contributed by atoms with van der Waals surface area (Å²) in [5, 5.41) is 8.65. The second kappa shape index (κ2) is 4.63. The second-order valence-electron chi connectivity index (χ2n) is 5.25. The molecule has 20 heavy (non-hydrogen) atoms. The van der Waals surface area contributed by atoms with Gasteiger partial charge >= 0.3 is 5.97 Å². The van der Waals surface area contributed by atoms with E-state index < -0.39 is 5.97 Å². The van der Waals surface area contributed by atoms with Gasteiger partial charge in [-0.15, -0.1) is 6.58 Å². The molecule has 0 atom stereocenters. The minimum Gasteiger partial charge on any atom is -0.478 e. The van der Waals surface area contributed by atoms with Gasteiger partial charge in [0.05, 0.1) is 11.0 Å². The van der Waals surface area contributed by atoms with Gasteiger partial charge in [0.15, 0.2) is 0 Å². The number of aromatic amines is 1. The third-order valence-corrected chi connectivity index (χ3v) is 4.03. The molecule has 4 nitrogen and oxygen atoms in total. The Labute approximate surface area is 116 Å². The Hall–Kier alpha value is -2.36. The first kappa shape index (κ1) is 12.7. The summed E-state index contributed by atoms with van der Waals surface area (Å²) in [6.45, 7) is 3.93. The van der Waals surface area contributed by atoms with Crippen LogP contribution in [0.5, 0.6) is 0 Å². The molecule has 0 spiro atoms. The predicted molar refractivity (Wildman–Crippen MR) is 78.5 cm³/mol. The molecule has 2 N–H and O–H groups in total. The molecule has 2 aromatic rings. The van der Waals surface area contributed by atoms with Gasteiger partial charge in [-0.2, -0.15) is 0 Å². The number of rotatable bonds is 4. The number of carboxylic acid groups (broad SMARTS) is 1. The zero-order chi connectivity index (χ0) is 14.2. The van der Waals surface area contributed by atoms with Crippen LogP contribution in [0, 0.1) is 0 Å². The van der Waals surface area contributed by atoms with E-state index in [2.05, 4.69) is 16.5 Å². The van der Waals surface area contributed by atoms with E-state index in [1.54, 1.807) is 6.08 Å². The maximum absolute atomic E-state index is 10.5. The zero-order valence-corrected chi connectivity index (χ0v) is 11.1. The number of aromatic nitrogens is 2. The Bertz CT molecular complexity index is 708. The third-order valence-electron chi connectivity index (χ3n) is 4.03. The number of imidazole rings is 1. The number of benzene rings is 1. The van der Waals surface area contributed by atoms with Gasteiger partial charge < -0.3 is 10.1 Å². The number of hydrogen-bond acceptors (Lipinski definition) is 2. The molecule has 0 amide bonds. The summed E-state index contributed by atoms with van der Waals surface area (Å²) in [7, 11) is 0. The minimum atomic E-state index is -0.949. The van der Waals surface area contributed by atoms with E-state index in [0.717, 1.165) is 41.3 Å². The Morgan fingerprint density at radius 1 is 1.45 bits per heavy atom. The van der Waals surface area contributed by atoms with Crippen molar-refractivity contribution in [2.24, 2.45) is 0 Å². The zero-order valence-electron chi connectivity index (χ0n) is 11.1. The van der Waals surface area contributed by atoms with Gasteiger partial charge in [0, 0.05) is 11.5 Å². The maximum atomic E-state index is 10.5. The fraction of sp³-hybridized carbons (Fsp3) is 0.250. The van der Waals surface area contributed by atoms with Crippen molar-refractivity contribution < 1.29 is 9.90 Å². The molecule has 1 aliphatic carbocycles. The molecular formula is C16H16N2O2. The van der Waals surface area contributed by atoms with Gasteiger partial charge in [-0.1, -0.05) is 18.6 Å². The summed E-state index contributed by atoms with van der Waals surface area (Å²) < 4.78 is 0. The van der Waals surface area contributed by atoms with Crippen molar-refractivity contribution in [1.29, 1.82) is 0 Å². The van der Waals surface area contributed by atoms with E-state index in [1.165, 1.54) is 6.42 Å². The monoisotopic (exact) mass is 268 g/mol. The fourth-order valence-electron chi connectivity index (χ4n) is 2.63. The first-order valence-electron chi connectivity index (χ1n) is 6.68. The molecule has 102 valence electrons. The quantitative estimate of drug-likeness (QED) is 0.660. The van der Waals surface area contributed by atoms with E-state index >= 15 is 0 Å². The molecule has 1 saturated carbocycles. The molecule has 3 rings (SSSR count). The van der Waals surface area contributed by atoms with Gasteiger partial charge in [-0.05, 0) is 36.6 Å². The number of nitrogens with one attached hydrogen (secondary N) is 1. The molecule has 1 aliphatic rings. The maximum Gasteiger partial charge on any atom is 0.328 e. The van der Waals surface area contributed by atoms with Crippen LogP contribution in [0.4, 0.5) is 0 Å². The smallest absolute Gasteiger partial charge is 0.328 e.